The molecule has 1 N–H and O–H groups in total. The summed E-state index contributed by atoms with van der Waals surface area (Å²) in [6, 6.07) is 8.50. The summed E-state index contributed by atoms with van der Waals surface area (Å²) in [7, 11) is 1.97. The predicted octanol–water partition coefficient (Wildman–Crippen LogP) is 4.02. The van der Waals surface area contributed by atoms with Crippen molar-refractivity contribution in [2.24, 2.45) is 7.05 Å². The zero-order valence-corrected chi connectivity index (χ0v) is 18.7. The third kappa shape index (κ3) is 4.46. The van der Waals surface area contributed by atoms with Gasteiger partial charge >= 0.3 is 0 Å². The molecule has 0 atom stereocenters. The van der Waals surface area contributed by atoms with Gasteiger partial charge in [-0.3, -0.25) is 14.0 Å². The average Bonchev–Trinajstić information content (AvgIpc) is 3.34. The zero-order valence-electron chi connectivity index (χ0n) is 17.9. The molecule has 6 nitrogen and oxygen atoms in total. The van der Waals surface area contributed by atoms with Crippen LogP contribution in [0.1, 0.15) is 55.1 Å². The largest absolute Gasteiger partial charge is 0.350 e. The highest BCUT2D eigenvalue weighted by Gasteiger charge is 2.19. The molecule has 0 unspecified atom stereocenters. The molecule has 1 aromatic carbocycles. The summed E-state index contributed by atoms with van der Waals surface area (Å²) < 4.78 is 3.95. The number of benzene rings is 1. The van der Waals surface area contributed by atoms with Crippen LogP contribution in [0.2, 0.25) is 0 Å². The van der Waals surface area contributed by atoms with E-state index in [4.69, 9.17) is 0 Å². The van der Waals surface area contributed by atoms with E-state index in [0.29, 0.717) is 18.2 Å². The van der Waals surface area contributed by atoms with E-state index >= 15 is 0 Å². The SMILES string of the molecule is CC(C)c1ccc(-n2ccnc2SCC(=O)NCc2c3c(nn2C)CCCC3)cc1. The van der Waals surface area contributed by atoms with Crippen molar-refractivity contribution in [3.63, 3.8) is 0 Å². The van der Waals surface area contributed by atoms with Crippen LogP contribution in [0, 0.1) is 0 Å². The van der Waals surface area contributed by atoms with Crippen LogP contribution in [0.25, 0.3) is 5.69 Å². The van der Waals surface area contributed by atoms with E-state index in [1.807, 2.05) is 22.5 Å². The Balaban J connectivity index is 1.35. The third-order valence-corrected chi connectivity index (χ3v) is 6.65. The van der Waals surface area contributed by atoms with E-state index in [-0.39, 0.29) is 5.91 Å². The lowest BCUT2D eigenvalue weighted by Gasteiger charge is -2.12. The standard InChI is InChI=1S/C23H29N5OS/c1-16(2)17-8-10-18(11-9-17)28-13-12-24-23(28)30-15-22(29)25-14-21-19-6-4-5-7-20(19)26-27(21)3/h8-13,16H,4-7,14-15H2,1-3H3,(H,25,29). The predicted molar refractivity (Wildman–Crippen MR) is 120 cm³/mol. The van der Waals surface area contributed by atoms with Gasteiger partial charge in [0.1, 0.15) is 0 Å². The molecule has 0 saturated heterocycles. The van der Waals surface area contributed by atoms with Crippen molar-refractivity contribution in [2.45, 2.75) is 57.1 Å². The molecule has 0 aliphatic heterocycles. The maximum atomic E-state index is 12.5. The van der Waals surface area contributed by atoms with Crippen LogP contribution in [-0.4, -0.2) is 31.0 Å². The molecule has 2 aromatic heterocycles. The fourth-order valence-corrected chi connectivity index (χ4v) is 4.75. The number of carbonyl (C=O) groups excluding carboxylic acids is 1. The third-order valence-electron chi connectivity index (χ3n) is 5.68. The molecular weight excluding hydrogens is 394 g/mol. The van der Waals surface area contributed by atoms with Gasteiger partial charge in [0, 0.05) is 25.1 Å². The highest BCUT2D eigenvalue weighted by molar-refractivity contribution is 7.99. The van der Waals surface area contributed by atoms with Crippen molar-refractivity contribution < 1.29 is 4.79 Å². The topological polar surface area (TPSA) is 64.7 Å². The lowest BCUT2D eigenvalue weighted by atomic mass is 9.96. The maximum Gasteiger partial charge on any atom is 0.230 e. The van der Waals surface area contributed by atoms with Gasteiger partial charge in [-0.15, -0.1) is 0 Å². The van der Waals surface area contributed by atoms with E-state index in [9.17, 15) is 4.79 Å². The Bertz CT molecular complexity index is 1020. The van der Waals surface area contributed by atoms with E-state index in [1.165, 1.54) is 41.4 Å². The zero-order chi connectivity index (χ0) is 21.1. The Kier molecular flexibility index (Phi) is 6.27. The summed E-state index contributed by atoms with van der Waals surface area (Å²) in [4.78, 5) is 16.9. The molecule has 0 bridgehead atoms. The van der Waals surface area contributed by atoms with Crippen molar-refractivity contribution in [1.29, 1.82) is 0 Å². The van der Waals surface area contributed by atoms with E-state index < -0.39 is 0 Å². The number of thioether (sulfide) groups is 1. The number of imidazole rings is 1. The second kappa shape index (κ2) is 9.08. The first-order valence-corrected chi connectivity index (χ1v) is 11.6. The van der Waals surface area contributed by atoms with Gasteiger partial charge in [0.15, 0.2) is 5.16 Å². The summed E-state index contributed by atoms with van der Waals surface area (Å²) in [6.07, 6.45) is 8.24. The van der Waals surface area contributed by atoms with E-state index in [1.54, 1.807) is 6.20 Å². The number of carbonyl (C=O) groups is 1. The first-order valence-electron chi connectivity index (χ1n) is 10.6. The van der Waals surface area contributed by atoms with Crippen molar-refractivity contribution in [3.8, 4) is 5.69 Å². The Hall–Kier alpha value is -2.54. The Labute approximate surface area is 182 Å². The van der Waals surface area contributed by atoms with Crippen LogP contribution >= 0.6 is 11.8 Å². The van der Waals surface area contributed by atoms with Crippen LogP contribution in [0.3, 0.4) is 0 Å². The number of hydrogen-bond acceptors (Lipinski definition) is 4. The number of nitrogens with zero attached hydrogens (tertiary/aromatic N) is 4. The molecule has 0 spiro atoms. The normalized spacial score (nSPS) is 13.5. The second-order valence-corrected chi connectivity index (χ2v) is 9.04. The van der Waals surface area contributed by atoms with Crippen LogP contribution < -0.4 is 5.32 Å². The van der Waals surface area contributed by atoms with Crippen molar-refractivity contribution in [1.82, 2.24) is 24.6 Å². The van der Waals surface area contributed by atoms with Crippen LogP contribution in [0.4, 0.5) is 0 Å². The number of aromatic nitrogens is 4. The highest BCUT2D eigenvalue weighted by Crippen LogP contribution is 2.24. The van der Waals surface area contributed by atoms with E-state index in [2.05, 4.69) is 53.5 Å². The first kappa shape index (κ1) is 20.7. The monoisotopic (exact) mass is 423 g/mol. The lowest BCUT2D eigenvalue weighted by molar-refractivity contribution is -0.118. The number of rotatable bonds is 7. The molecule has 1 aliphatic rings. The number of aryl methyl sites for hydroxylation is 2. The van der Waals surface area contributed by atoms with Crippen molar-refractivity contribution in [2.75, 3.05) is 5.75 Å². The Morgan fingerprint density at radius 1 is 1.20 bits per heavy atom. The van der Waals surface area contributed by atoms with E-state index in [0.717, 1.165) is 29.4 Å². The number of amides is 1. The fourth-order valence-electron chi connectivity index (χ4n) is 3.94. The Morgan fingerprint density at radius 3 is 2.73 bits per heavy atom. The van der Waals surface area contributed by atoms with Crippen molar-refractivity contribution >= 4 is 17.7 Å². The van der Waals surface area contributed by atoms with Gasteiger partial charge in [-0.1, -0.05) is 37.7 Å². The first-order chi connectivity index (χ1) is 14.5. The number of nitrogens with one attached hydrogen (secondary N) is 1. The van der Waals surface area contributed by atoms with Crippen molar-refractivity contribution in [3.05, 3.63) is 59.2 Å². The van der Waals surface area contributed by atoms with Gasteiger partial charge in [0.05, 0.1) is 23.7 Å². The molecule has 1 aliphatic carbocycles. The minimum atomic E-state index is 0.00969. The summed E-state index contributed by atoms with van der Waals surface area (Å²) in [5.74, 6) is 0.848. The average molecular weight is 424 g/mol. The van der Waals surface area contributed by atoms with Crippen LogP contribution in [0.15, 0.2) is 41.8 Å². The number of fused-ring (bicyclic) bond motifs is 1. The van der Waals surface area contributed by atoms with Crippen LogP contribution in [-0.2, 0) is 31.2 Å². The highest BCUT2D eigenvalue weighted by atomic mass is 32.2. The summed E-state index contributed by atoms with van der Waals surface area (Å²) in [5, 5.41) is 8.50. The lowest BCUT2D eigenvalue weighted by Crippen LogP contribution is -2.26. The molecule has 3 aromatic rings. The van der Waals surface area contributed by atoms with Crippen LogP contribution in [0.5, 0.6) is 0 Å². The van der Waals surface area contributed by atoms with Gasteiger partial charge in [-0.05, 0) is 54.9 Å². The molecule has 0 saturated carbocycles. The molecular formula is C23H29N5OS. The minimum Gasteiger partial charge on any atom is -0.350 e. The molecule has 0 radical (unpaired) electrons. The molecule has 1 amide bonds. The molecule has 7 heteroatoms. The van der Waals surface area contributed by atoms with Gasteiger partial charge in [-0.2, -0.15) is 5.10 Å². The van der Waals surface area contributed by atoms with Gasteiger partial charge in [-0.25, -0.2) is 4.98 Å². The second-order valence-electron chi connectivity index (χ2n) is 8.09. The Morgan fingerprint density at radius 2 is 1.97 bits per heavy atom. The fraction of sp³-hybridized carbons (Fsp3) is 0.435. The number of hydrogen-bond donors (Lipinski definition) is 1. The maximum absolute atomic E-state index is 12.5. The van der Waals surface area contributed by atoms with Gasteiger partial charge < -0.3 is 5.32 Å². The smallest absolute Gasteiger partial charge is 0.230 e. The summed E-state index contributed by atoms with van der Waals surface area (Å²) >= 11 is 1.45. The molecule has 4 rings (SSSR count). The molecule has 30 heavy (non-hydrogen) atoms. The quantitative estimate of drug-likeness (QED) is 0.583. The summed E-state index contributed by atoms with van der Waals surface area (Å²) in [5.41, 5.74) is 6.03. The van der Waals surface area contributed by atoms with Gasteiger partial charge in [0.2, 0.25) is 5.91 Å². The molecule has 0 fully saturated rings. The molecule has 158 valence electrons. The molecule has 2 heterocycles. The minimum absolute atomic E-state index is 0.00969. The van der Waals surface area contributed by atoms with Gasteiger partial charge in [0.25, 0.3) is 0 Å². The summed E-state index contributed by atoms with van der Waals surface area (Å²) in [6.45, 7) is 4.91.